The van der Waals surface area contributed by atoms with Crippen LogP contribution in [0.15, 0.2) is 72.8 Å². The molecule has 0 atom stereocenters. The Hall–Kier alpha value is -4.06. The van der Waals surface area contributed by atoms with Crippen molar-refractivity contribution in [1.82, 2.24) is 0 Å². The van der Waals surface area contributed by atoms with E-state index in [-0.39, 0.29) is 5.91 Å². The van der Waals surface area contributed by atoms with Crippen LogP contribution in [0, 0.1) is 5.41 Å². The van der Waals surface area contributed by atoms with Crippen molar-refractivity contribution in [2.75, 3.05) is 31.4 Å². The van der Waals surface area contributed by atoms with Crippen LogP contribution in [-0.4, -0.2) is 38.2 Å². The largest absolute Gasteiger partial charge is 0.497 e. The lowest BCUT2D eigenvalue weighted by Crippen LogP contribution is -2.40. The maximum Gasteiger partial charge on any atom is 0.328 e. The van der Waals surface area contributed by atoms with E-state index in [0.29, 0.717) is 23.4 Å². The molecule has 3 aromatic rings. The van der Waals surface area contributed by atoms with Gasteiger partial charge in [-0.3, -0.25) is 4.79 Å². The number of methoxy groups -OCH3 is 1. The van der Waals surface area contributed by atoms with E-state index in [1.807, 2.05) is 14.1 Å². The average molecular weight is 513 g/mol. The Labute approximate surface area is 224 Å². The lowest BCUT2D eigenvalue weighted by atomic mass is 9.69. The normalized spacial score (nSPS) is 14.7. The minimum Gasteiger partial charge on any atom is -0.497 e. The SMILES string of the molecule is COc1cc(/C=C/C(=O)O)cc(NC(=O)C2(Cc3ccc(-c4ccc(N(C)C)cc4)cc3)CCCCC2)c1. The molecule has 198 valence electrons. The van der Waals surface area contributed by atoms with Gasteiger partial charge < -0.3 is 20.1 Å². The molecule has 0 aromatic heterocycles. The summed E-state index contributed by atoms with van der Waals surface area (Å²) in [5, 5.41) is 12.1. The number of amides is 1. The van der Waals surface area contributed by atoms with Gasteiger partial charge in [0.2, 0.25) is 5.91 Å². The Kier molecular flexibility index (Phi) is 8.52. The summed E-state index contributed by atoms with van der Waals surface area (Å²) in [5.74, 6) is -0.474. The Bertz CT molecular complexity index is 1290. The summed E-state index contributed by atoms with van der Waals surface area (Å²) in [5.41, 5.74) is 5.38. The predicted molar refractivity (Wildman–Crippen MR) is 154 cm³/mol. The van der Waals surface area contributed by atoms with Gasteiger partial charge in [-0.1, -0.05) is 55.7 Å². The molecule has 1 saturated carbocycles. The van der Waals surface area contributed by atoms with Gasteiger partial charge >= 0.3 is 5.97 Å². The summed E-state index contributed by atoms with van der Waals surface area (Å²) in [6.07, 6.45) is 8.10. The Balaban J connectivity index is 1.54. The van der Waals surface area contributed by atoms with Crippen LogP contribution in [0.5, 0.6) is 5.75 Å². The average Bonchev–Trinajstić information content (AvgIpc) is 2.92. The molecular weight excluding hydrogens is 476 g/mol. The number of carbonyl (C=O) groups is 2. The standard InChI is InChI=1S/C32H36N2O4/c1-34(2)28-14-12-26(13-15-28)25-10-7-23(8-11-25)22-32(17-5-4-6-18-32)31(37)33-27-19-24(9-16-30(35)36)20-29(21-27)38-3/h7-16,19-21H,4-6,17-18,22H2,1-3H3,(H,33,37)(H,35,36)/b16-9+. The molecule has 0 bridgehead atoms. The van der Waals surface area contributed by atoms with Crippen molar-refractivity contribution in [3.05, 3.63) is 83.9 Å². The molecule has 6 heteroatoms. The highest BCUT2D eigenvalue weighted by molar-refractivity contribution is 5.96. The number of nitrogens with one attached hydrogen (secondary N) is 1. The Morgan fingerprint density at radius 1 is 0.947 bits per heavy atom. The molecule has 38 heavy (non-hydrogen) atoms. The molecule has 1 aliphatic carbocycles. The smallest absolute Gasteiger partial charge is 0.328 e. The number of benzene rings is 3. The Morgan fingerprint density at radius 2 is 1.58 bits per heavy atom. The number of nitrogens with zero attached hydrogens (tertiary/aromatic N) is 1. The second kappa shape index (κ2) is 12.0. The predicted octanol–water partition coefficient (Wildman–Crippen LogP) is 6.66. The van der Waals surface area contributed by atoms with Crippen LogP contribution >= 0.6 is 0 Å². The topological polar surface area (TPSA) is 78.9 Å². The lowest BCUT2D eigenvalue weighted by molar-refractivity contribution is -0.131. The number of ether oxygens (including phenoxy) is 1. The van der Waals surface area contributed by atoms with E-state index in [1.54, 1.807) is 25.3 Å². The fourth-order valence-electron chi connectivity index (χ4n) is 5.21. The third kappa shape index (κ3) is 6.62. The third-order valence-corrected chi connectivity index (χ3v) is 7.35. The molecular formula is C32H36N2O4. The number of hydrogen-bond acceptors (Lipinski definition) is 4. The number of aliphatic carboxylic acids is 1. The molecule has 0 radical (unpaired) electrons. The minimum atomic E-state index is -1.03. The van der Waals surface area contributed by atoms with Crippen molar-refractivity contribution >= 4 is 29.3 Å². The summed E-state index contributed by atoms with van der Waals surface area (Å²) in [6, 6.07) is 22.3. The highest BCUT2D eigenvalue weighted by Gasteiger charge is 2.39. The number of anilines is 2. The second-order valence-corrected chi connectivity index (χ2v) is 10.3. The number of carbonyl (C=O) groups excluding carboxylic acids is 1. The van der Waals surface area contributed by atoms with Crippen molar-refractivity contribution in [3.63, 3.8) is 0 Å². The first kappa shape index (κ1) is 27.0. The highest BCUT2D eigenvalue weighted by atomic mass is 16.5. The number of carboxylic acid groups (broad SMARTS) is 1. The van der Waals surface area contributed by atoms with Gasteiger partial charge in [0.05, 0.1) is 12.5 Å². The van der Waals surface area contributed by atoms with Gasteiger partial charge in [-0.05, 0) is 71.9 Å². The fourth-order valence-corrected chi connectivity index (χ4v) is 5.21. The van der Waals surface area contributed by atoms with E-state index >= 15 is 0 Å². The highest BCUT2D eigenvalue weighted by Crippen LogP contribution is 2.41. The van der Waals surface area contributed by atoms with Crippen LogP contribution in [0.25, 0.3) is 17.2 Å². The molecule has 2 N–H and O–H groups in total. The van der Waals surface area contributed by atoms with Crippen molar-refractivity contribution in [1.29, 1.82) is 0 Å². The number of carboxylic acids is 1. The maximum atomic E-state index is 13.8. The first-order chi connectivity index (χ1) is 18.3. The zero-order valence-corrected chi connectivity index (χ0v) is 22.4. The quantitative estimate of drug-likeness (QED) is 0.314. The summed E-state index contributed by atoms with van der Waals surface area (Å²) in [4.78, 5) is 26.8. The van der Waals surface area contributed by atoms with Gasteiger partial charge in [-0.2, -0.15) is 0 Å². The van der Waals surface area contributed by atoms with Gasteiger partial charge in [-0.25, -0.2) is 4.79 Å². The first-order valence-electron chi connectivity index (χ1n) is 13.1. The maximum absolute atomic E-state index is 13.8. The summed E-state index contributed by atoms with van der Waals surface area (Å²) < 4.78 is 5.38. The lowest BCUT2D eigenvalue weighted by Gasteiger charge is -2.36. The zero-order valence-electron chi connectivity index (χ0n) is 22.4. The van der Waals surface area contributed by atoms with Crippen LogP contribution in [0.4, 0.5) is 11.4 Å². The monoisotopic (exact) mass is 512 g/mol. The van der Waals surface area contributed by atoms with E-state index in [2.05, 4.69) is 58.7 Å². The summed E-state index contributed by atoms with van der Waals surface area (Å²) >= 11 is 0. The van der Waals surface area contributed by atoms with E-state index < -0.39 is 11.4 Å². The van der Waals surface area contributed by atoms with E-state index in [1.165, 1.54) is 6.08 Å². The van der Waals surface area contributed by atoms with Gasteiger partial charge in [0.1, 0.15) is 5.75 Å². The van der Waals surface area contributed by atoms with E-state index in [9.17, 15) is 9.59 Å². The molecule has 6 nitrogen and oxygen atoms in total. The molecule has 0 aliphatic heterocycles. The molecule has 1 aliphatic rings. The van der Waals surface area contributed by atoms with Gasteiger partial charge in [0, 0.05) is 37.6 Å². The van der Waals surface area contributed by atoms with E-state index in [4.69, 9.17) is 9.84 Å². The van der Waals surface area contributed by atoms with Gasteiger partial charge in [-0.15, -0.1) is 0 Å². The van der Waals surface area contributed by atoms with Crippen LogP contribution in [0.3, 0.4) is 0 Å². The van der Waals surface area contributed by atoms with Crippen LogP contribution in [0.2, 0.25) is 0 Å². The zero-order chi connectivity index (χ0) is 27.1. The fraction of sp³-hybridized carbons (Fsp3) is 0.312. The molecule has 0 unspecified atom stereocenters. The number of rotatable bonds is 9. The van der Waals surface area contributed by atoms with Crippen molar-refractivity contribution in [2.45, 2.75) is 38.5 Å². The molecule has 4 rings (SSSR count). The summed E-state index contributed by atoms with van der Waals surface area (Å²) in [6.45, 7) is 0. The van der Waals surface area contributed by atoms with Crippen molar-refractivity contribution < 1.29 is 19.4 Å². The molecule has 0 spiro atoms. The molecule has 1 amide bonds. The molecule has 1 fully saturated rings. The van der Waals surface area contributed by atoms with Crippen molar-refractivity contribution in [3.8, 4) is 16.9 Å². The first-order valence-corrected chi connectivity index (χ1v) is 13.1. The van der Waals surface area contributed by atoms with Gasteiger partial charge in [0.25, 0.3) is 0 Å². The van der Waals surface area contributed by atoms with Crippen LogP contribution in [0.1, 0.15) is 43.2 Å². The van der Waals surface area contributed by atoms with E-state index in [0.717, 1.165) is 60.6 Å². The second-order valence-electron chi connectivity index (χ2n) is 10.3. The summed E-state index contributed by atoms with van der Waals surface area (Å²) in [7, 11) is 5.62. The third-order valence-electron chi connectivity index (χ3n) is 7.35. The molecule has 0 heterocycles. The van der Waals surface area contributed by atoms with Crippen molar-refractivity contribution in [2.24, 2.45) is 5.41 Å². The van der Waals surface area contributed by atoms with Gasteiger partial charge in [0.15, 0.2) is 0 Å². The minimum absolute atomic E-state index is 0.00182. The Morgan fingerprint density at radius 3 is 2.16 bits per heavy atom. The molecule has 0 saturated heterocycles. The van der Waals surface area contributed by atoms with Crippen LogP contribution < -0.4 is 15.0 Å². The van der Waals surface area contributed by atoms with Crippen LogP contribution in [-0.2, 0) is 16.0 Å². The molecule has 3 aromatic carbocycles. The number of hydrogen-bond donors (Lipinski definition) is 2.